The van der Waals surface area contributed by atoms with E-state index in [4.69, 9.17) is 11.6 Å². The molecule has 0 saturated carbocycles. The van der Waals surface area contributed by atoms with E-state index in [1.165, 1.54) is 30.6 Å². The van der Waals surface area contributed by atoms with E-state index in [0.29, 0.717) is 5.56 Å². The molecule has 0 fully saturated rings. The fourth-order valence-electron chi connectivity index (χ4n) is 1.46. The Morgan fingerprint density at radius 2 is 1.83 bits per heavy atom. The number of nitro groups is 1. The maximum atomic E-state index is 12.0. The van der Waals surface area contributed by atoms with Crippen molar-refractivity contribution in [1.82, 2.24) is 4.98 Å². The Bertz CT molecular complexity index is 614. The SMILES string of the molecule is O=C(c1ccncc1)c1ccc(Cl)c([N+](=O)[O-])c1. The molecule has 0 radical (unpaired) electrons. The number of carbonyl (C=O) groups is 1. The number of aromatic nitrogens is 1. The molecule has 6 heteroatoms. The fourth-order valence-corrected chi connectivity index (χ4v) is 1.65. The first-order valence-electron chi connectivity index (χ1n) is 4.98. The largest absolute Gasteiger partial charge is 0.289 e. The van der Waals surface area contributed by atoms with Crippen LogP contribution in [0.5, 0.6) is 0 Å². The molecule has 2 aromatic rings. The molecule has 0 aliphatic rings. The lowest BCUT2D eigenvalue weighted by atomic mass is 10.0. The van der Waals surface area contributed by atoms with Crippen LogP contribution in [-0.4, -0.2) is 15.7 Å². The molecule has 0 unspecified atom stereocenters. The molecule has 1 aromatic carbocycles. The molecule has 5 nitrogen and oxygen atoms in total. The van der Waals surface area contributed by atoms with E-state index in [1.54, 1.807) is 12.1 Å². The van der Waals surface area contributed by atoms with Crippen molar-refractivity contribution in [2.24, 2.45) is 0 Å². The first-order chi connectivity index (χ1) is 8.59. The number of hydrogen-bond donors (Lipinski definition) is 0. The van der Waals surface area contributed by atoms with Gasteiger partial charge in [0.25, 0.3) is 5.69 Å². The normalized spacial score (nSPS) is 10.1. The monoisotopic (exact) mass is 262 g/mol. The third-order valence-corrected chi connectivity index (χ3v) is 2.67. The quantitative estimate of drug-likeness (QED) is 0.484. The van der Waals surface area contributed by atoms with Gasteiger partial charge in [-0.3, -0.25) is 19.9 Å². The molecular weight excluding hydrogens is 256 g/mol. The van der Waals surface area contributed by atoms with Crippen LogP contribution in [0.4, 0.5) is 5.69 Å². The Morgan fingerprint density at radius 3 is 2.44 bits per heavy atom. The van der Waals surface area contributed by atoms with Crippen LogP contribution in [0, 0.1) is 10.1 Å². The standard InChI is InChI=1S/C12H7ClN2O3/c13-10-2-1-9(7-11(10)15(17)18)12(16)8-3-5-14-6-4-8/h1-7H. The first-order valence-corrected chi connectivity index (χ1v) is 5.36. The summed E-state index contributed by atoms with van der Waals surface area (Å²) < 4.78 is 0. The molecule has 0 aliphatic heterocycles. The highest BCUT2D eigenvalue weighted by Gasteiger charge is 2.17. The number of carbonyl (C=O) groups excluding carboxylic acids is 1. The van der Waals surface area contributed by atoms with Gasteiger partial charge in [-0.15, -0.1) is 0 Å². The minimum atomic E-state index is -0.619. The van der Waals surface area contributed by atoms with Gasteiger partial charge in [0.1, 0.15) is 5.02 Å². The molecule has 2 rings (SSSR count). The van der Waals surface area contributed by atoms with E-state index >= 15 is 0 Å². The van der Waals surface area contributed by atoms with Crippen molar-refractivity contribution in [2.45, 2.75) is 0 Å². The van der Waals surface area contributed by atoms with Crippen LogP contribution in [0.25, 0.3) is 0 Å². The minimum Gasteiger partial charge on any atom is -0.289 e. The molecule has 0 aliphatic carbocycles. The van der Waals surface area contributed by atoms with Gasteiger partial charge < -0.3 is 0 Å². The van der Waals surface area contributed by atoms with Gasteiger partial charge in [-0.05, 0) is 24.3 Å². The summed E-state index contributed by atoms with van der Waals surface area (Å²) >= 11 is 5.68. The van der Waals surface area contributed by atoms with E-state index in [9.17, 15) is 14.9 Å². The molecule has 0 saturated heterocycles. The van der Waals surface area contributed by atoms with Crippen LogP contribution in [0.15, 0.2) is 42.7 Å². The average molecular weight is 263 g/mol. The molecular formula is C12H7ClN2O3. The molecule has 18 heavy (non-hydrogen) atoms. The number of benzene rings is 1. The van der Waals surface area contributed by atoms with Crippen molar-refractivity contribution < 1.29 is 9.72 Å². The van der Waals surface area contributed by atoms with Crippen molar-refractivity contribution in [3.63, 3.8) is 0 Å². The maximum absolute atomic E-state index is 12.0. The lowest BCUT2D eigenvalue weighted by Gasteiger charge is -2.01. The summed E-state index contributed by atoms with van der Waals surface area (Å²) in [5.41, 5.74) is 0.357. The van der Waals surface area contributed by atoms with Crippen molar-refractivity contribution in [3.05, 3.63) is 69.0 Å². The second-order valence-corrected chi connectivity index (χ2v) is 3.90. The van der Waals surface area contributed by atoms with E-state index < -0.39 is 4.92 Å². The van der Waals surface area contributed by atoms with Gasteiger partial charge in [0.2, 0.25) is 0 Å². The number of pyridine rings is 1. The highest BCUT2D eigenvalue weighted by atomic mass is 35.5. The number of rotatable bonds is 3. The predicted molar refractivity (Wildman–Crippen MR) is 65.8 cm³/mol. The van der Waals surface area contributed by atoms with Crippen LogP contribution < -0.4 is 0 Å². The smallest absolute Gasteiger partial charge is 0.288 e. The van der Waals surface area contributed by atoms with E-state index in [1.807, 2.05) is 0 Å². The summed E-state index contributed by atoms with van der Waals surface area (Å²) in [6.45, 7) is 0. The van der Waals surface area contributed by atoms with Crippen molar-refractivity contribution in [3.8, 4) is 0 Å². The van der Waals surface area contributed by atoms with Crippen molar-refractivity contribution in [1.29, 1.82) is 0 Å². The lowest BCUT2D eigenvalue weighted by Crippen LogP contribution is -2.02. The van der Waals surface area contributed by atoms with Crippen LogP contribution in [0.1, 0.15) is 15.9 Å². The Morgan fingerprint density at radius 1 is 1.17 bits per heavy atom. The second-order valence-electron chi connectivity index (χ2n) is 3.49. The molecule has 0 atom stereocenters. The molecule has 0 bridgehead atoms. The Hall–Kier alpha value is -2.27. The molecule has 1 heterocycles. The zero-order chi connectivity index (χ0) is 13.1. The summed E-state index contributed by atoms with van der Waals surface area (Å²) in [5, 5.41) is 10.7. The highest BCUT2D eigenvalue weighted by molar-refractivity contribution is 6.32. The van der Waals surface area contributed by atoms with Gasteiger partial charge in [-0.2, -0.15) is 0 Å². The van der Waals surface area contributed by atoms with Crippen LogP contribution >= 0.6 is 11.6 Å². The van der Waals surface area contributed by atoms with Gasteiger partial charge in [0.05, 0.1) is 4.92 Å². The predicted octanol–water partition coefficient (Wildman–Crippen LogP) is 2.87. The summed E-state index contributed by atoms with van der Waals surface area (Å²) in [6, 6.07) is 7.06. The molecule has 0 amide bonds. The molecule has 0 spiro atoms. The third kappa shape index (κ3) is 2.36. The third-order valence-electron chi connectivity index (χ3n) is 2.35. The minimum absolute atomic E-state index is 0.00581. The number of nitro benzene ring substituents is 1. The Balaban J connectivity index is 2.44. The molecule has 90 valence electrons. The Kier molecular flexibility index (Phi) is 3.34. The molecule has 0 N–H and O–H groups in total. The lowest BCUT2D eigenvalue weighted by molar-refractivity contribution is -0.384. The van der Waals surface area contributed by atoms with Gasteiger partial charge in [-0.25, -0.2) is 0 Å². The zero-order valence-corrected chi connectivity index (χ0v) is 9.79. The van der Waals surface area contributed by atoms with Crippen LogP contribution in [0.2, 0.25) is 5.02 Å². The fraction of sp³-hybridized carbons (Fsp3) is 0. The first kappa shape index (κ1) is 12.2. The zero-order valence-electron chi connectivity index (χ0n) is 9.04. The van der Waals surface area contributed by atoms with E-state index in [-0.39, 0.29) is 22.1 Å². The van der Waals surface area contributed by atoms with Gasteiger partial charge in [0, 0.05) is 29.6 Å². The van der Waals surface area contributed by atoms with Crippen LogP contribution in [0.3, 0.4) is 0 Å². The van der Waals surface area contributed by atoms with E-state index in [2.05, 4.69) is 4.98 Å². The number of hydrogen-bond acceptors (Lipinski definition) is 4. The van der Waals surface area contributed by atoms with Gasteiger partial charge >= 0.3 is 0 Å². The van der Waals surface area contributed by atoms with Crippen molar-refractivity contribution in [2.75, 3.05) is 0 Å². The maximum Gasteiger partial charge on any atom is 0.288 e. The number of halogens is 1. The van der Waals surface area contributed by atoms with Crippen molar-refractivity contribution >= 4 is 23.1 Å². The summed E-state index contributed by atoms with van der Waals surface area (Å²) in [6.07, 6.45) is 2.97. The van der Waals surface area contributed by atoms with E-state index in [0.717, 1.165) is 0 Å². The molecule has 1 aromatic heterocycles. The highest BCUT2D eigenvalue weighted by Crippen LogP contribution is 2.26. The number of nitrogens with zero attached hydrogens (tertiary/aromatic N) is 2. The second kappa shape index (κ2) is 4.93. The summed E-state index contributed by atoms with van der Waals surface area (Å²) in [4.78, 5) is 26.0. The van der Waals surface area contributed by atoms with Gasteiger partial charge in [0.15, 0.2) is 5.78 Å². The average Bonchev–Trinajstić information content (AvgIpc) is 2.39. The van der Waals surface area contributed by atoms with Gasteiger partial charge in [-0.1, -0.05) is 11.6 Å². The summed E-state index contributed by atoms with van der Waals surface area (Å²) in [5.74, 6) is -0.308. The summed E-state index contributed by atoms with van der Waals surface area (Å²) in [7, 11) is 0. The Labute approximate surface area is 107 Å². The number of ketones is 1. The topological polar surface area (TPSA) is 73.1 Å². The van der Waals surface area contributed by atoms with Crippen LogP contribution in [-0.2, 0) is 0 Å².